The zero-order valence-corrected chi connectivity index (χ0v) is 15.7. The highest BCUT2D eigenvalue weighted by molar-refractivity contribution is 6.09. The topological polar surface area (TPSA) is 87.2 Å². The third kappa shape index (κ3) is 3.76. The maximum Gasteiger partial charge on any atom is 0.407 e. The van der Waals surface area contributed by atoms with E-state index in [9.17, 15) is 18.8 Å². The minimum atomic E-state index is -1.02. The molecule has 2 amide bonds. The van der Waals surface area contributed by atoms with Crippen molar-refractivity contribution in [1.82, 2.24) is 9.80 Å². The van der Waals surface area contributed by atoms with Crippen molar-refractivity contribution in [2.45, 2.75) is 13.3 Å². The summed E-state index contributed by atoms with van der Waals surface area (Å²) in [5.41, 5.74) is 1.56. The minimum Gasteiger partial charge on any atom is -0.469 e. The number of ether oxygens (including phenoxy) is 1. The summed E-state index contributed by atoms with van der Waals surface area (Å²) in [5.74, 6) is -1.19. The van der Waals surface area contributed by atoms with Crippen LogP contribution in [0.1, 0.15) is 21.5 Å². The Morgan fingerprint density at radius 3 is 2.36 bits per heavy atom. The largest absolute Gasteiger partial charge is 0.469 e. The molecule has 7 nitrogen and oxygen atoms in total. The van der Waals surface area contributed by atoms with Crippen LogP contribution in [-0.4, -0.2) is 66.2 Å². The van der Waals surface area contributed by atoms with Crippen molar-refractivity contribution in [2.75, 3.05) is 33.3 Å². The predicted octanol–water partition coefficient (Wildman–Crippen LogP) is 2.44. The van der Waals surface area contributed by atoms with Crippen LogP contribution in [-0.2, 0) is 16.0 Å². The molecule has 1 saturated heterocycles. The molecule has 8 heteroatoms. The number of esters is 1. The maximum absolute atomic E-state index is 13.9. The average molecular weight is 388 g/mol. The Balaban J connectivity index is 2.03. The number of halogens is 1. The molecule has 1 fully saturated rings. The van der Waals surface area contributed by atoms with Crippen molar-refractivity contribution in [3.63, 3.8) is 0 Å². The van der Waals surface area contributed by atoms with E-state index in [0.29, 0.717) is 27.5 Å². The van der Waals surface area contributed by atoms with Crippen LogP contribution in [0, 0.1) is 12.7 Å². The van der Waals surface area contributed by atoms with Gasteiger partial charge in [-0.1, -0.05) is 12.1 Å². The van der Waals surface area contributed by atoms with Crippen molar-refractivity contribution in [3.05, 3.63) is 46.8 Å². The van der Waals surface area contributed by atoms with Crippen LogP contribution < -0.4 is 0 Å². The van der Waals surface area contributed by atoms with Gasteiger partial charge < -0.3 is 19.6 Å². The van der Waals surface area contributed by atoms with Crippen LogP contribution in [0.15, 0.2) is 24.3 Å². The summed E-state index contributed by atoms with van der Waals surface area (Å²) in [7, 11) is 1.29. The van der Waals surface area contributed by atoms with E-state index in [1.54, 1.807) is 24.0 Å². The Morgan fingerprint density at radius 1 is 1.11 bits per heavy atom. The third-order valence-corrected chi connectivity index (χ3v) is 5.08. The SMILES string of the molecule is COC(=O)Cc1cc2ccc(F)cc2c(C(=O)N2CCN(C(=O)O)CC2)c1C. The van der Waals surface area contributed by atoms with Crippen LogP contribution >= 0.6 is 0 Å². The summed E-state index contributed by atoms with van der Waals surface area (Å²) in [6, 6.07) is 5.95. The minimum absolute atomic E-state index is 0.00270. The molecule has 0 aliphatic carbocycles. The summed E-state index contributed by atoms with van der Waals surface area (Å²) in [6.45, 7) is 2.66. The van der Waals surface area contributed by atoms with Gasteiger partial charge in [-0.05, 0) is 41.0 Å². The van der Waals surface area contributed by atoms with Gasteiger partial charge in [0.1, 0.15) is 5.82 Å². The molecule has 2 aromatic carbocycles. The van der Waals surface area contributed by atoms with E-state index in [4.69, 9.17) is 9.84 Å². The maximum atomic E-state index is 13.9. The molecule has 0 radical (unpaired) electrons. The van der Waals surface area contributed by atoms with Crippen molar-refractivity contribution in [1.29, 1.82) is 0 Å². The van der Waals surface area contributed by atoms with Gasteiger partial charge in [-0.3, -0.25) is 9.59 Å². The molecular weight excluding hydrogens is 367 g/mol. The monoisotopic (exact) mass is 388 g/mol. The lowest BCUT2D eigenvalue weighted by Gasteiger charge is -2.33. The van der Waals surface area contributed by atoms with Gasteiger partial charge in [0.05, 0.1) is 19.1 Å². The highest BCUT2D eigenvalue weighted by Gasteiger charge is 2.27. The fraction of sp³-hybridized carbons (Fsp3) is 0.350. The number of methoxy groups -OCH3 is 1. The highest BCUT2D eigenvalue weighted by atomic mass is 19.1. The van der Waals surface area contributed by atoms with E-state index in [2.05, 4.69) is 0 Å². The molecule has 148 valence electrons. The smallest absolute Gasteiger partial charge is 0.407 e. The summed E-state index contributed by atoms with van der Waals surface area (Å²) in [6.07, 6.45) is -1.02. The Labute approximate surface area is 161 Å². The Hall–Kier alpha value is -3.16. The Bertz CT molecular complexity index is 951. The number of benzene rings is 2. The number of carbonyl (C=O) groups excluding carboxylic acids is 2. The second-order valence-electron chi connectivity index (χ2n) is 6.72. The van der Waals surface area contributed by atoms with Crippen LogP contribution in [0.25, 0.3) is 10.8 Å². The van der Waals surface area contributed by atoms with E-state index in [-0.39, 0.29) is 38.5 Å². The van der Waals surface area contributed by atoms with E-state index < -0.39 is 17.9 Å². The molecule has 0 bridgehead atoms. The van der Waals surface area contributed by atoms with Crippen LogP contribution in [0.5, 0.6) is 0 Å². The number of nitrogens with zero attached hydrogens (tertiary/aromatic N) is 2. The van der Waals surface area contributed by atoms with Crippen LogP contribution in [0.2, 0.25) is 0 Å². The quantitative estimate of drug-likeness (QED) is 0.816. The number of piperazine rings is 1. The average Bonchev–Trinajstić information content (AvgIpc) is 2.68. The second-order valence-corrected chi connectivity index (χ2v) is 6.72. The van der Waals surface area contributed by atoms with E-state index in [0.717, 1.165) is 0 Å². The molecule has 0 atom stereocenters. The Morgan fingerprint density at radius 2 is 1.75 bits per heavy atom. The van der Waals surface area contributed by atoms with Gasteiger partial charge in [0.2, 0.25) is 0 Å². The van der Waals surface area contributed by atoms with Gasteiger partial charge in [-0.2, -0.15) is 0 Å². The second kappa shape index (κ2) is 7.84. The van der Waals surface area contributed by atoms with Gasteiger partial charge in [0, 0.05) is 26.2 Å². The summed E-state index contributed by atoms with van der Waals surface area (Å²) >= 11 is 0. The first-order valence-corrected chi connectivity index (χ1v) is 8.87. The number of rotatable bonds is 3. The highest BCUT2D eigenvalue weighted by Crippen LogP contribution is 2.29. The fourth-order valence-electron chi connectivity index (χ4n) is 3.48. The Kier molecular flexibility index (Phi) is 5.48. The number of carbonyl (C=O) groups is 3. The fourth-order valence-corrected chi connectivity index (χ4v) is 3.48. The van der Waals surface area contributed by atoms with Crippen molar-refractivity contribution < 1.29 is 28.6 Å². The molecule has 0 saturated carbocycles. The lowest BCUT2D eigenvalue weighted by atomic mass is 9.92. The van der Waals surface area contributed by atoms with Crippen molar-refractivity contribution in [2.24, 2.45) is 0 Å². The summed E-state index contributed by atoms with van der Waals surface area (Å²) in [5, 5.41) is 10.2. The summed E-state index contributed by atoms with van der Waals surface area (Å²) in [4.78, 5) is 38.9. The molecule has 1 aliphatic rings. The van der Waals surface area contributed by atoms with Gasteiger partial charge >= 0.3 is 12.1 Å². The van der Waals surface area contributed by atoms with Gasteiger partial charge in [0.25, 0.3) is 5.91 Å². The van der Waals surface area contributed by atoms with E-state index in [1.165, 1.54) is 24.1 Å². The predicted molar refractivity (Wildman–Crippen MR) is 99.9 cm³/mol. The number of hydrogen-bond acceptors (Lipinski definition) is 4. The molecule has 28 heavy (non-hydrogen) atoms. The lowest BCUT2D eigenvalue weighted by Crippen LogP contribution is -2.50. The van der Waals surface area contributed by atoms with Gasteiger partial charge in [-0.15, -0.1) is 0 Å². The van der Waals surface area contributed by atoms with Crippen molar-refractivity contribution >= 4 is 28.7 Å². The first-order chi connectivity index (χ1) is 13.3. The number of carboxylic acid groups (broad SMARTS) is 1. The zero-order chi connectivity index (χ0) is 20.4. The molecule has 1 aliphatic heterocycles. The normalized spacial score (nSPS) is 14.2. The van der Waals surface area contributed by atoms with E-state index >= 15 is 0 Å². The molecule has 0 unspecified atom stereocenters. The first kappa shape index (κ1) is 19.6. The molecule has 1 heterocycles. The van der Waals surface area contributed by atoms with Gasteiger partial charge in [0.15, 0.2) is 0 Å². The third-order valence-electron chi connectivity index (χ3n) is 5.08. The van der Waals surface area contributed by atoms with Crippen molar-refractivity contribution in [3.8, 4) is 0 Å². The first-order valence-electron chi connectivity index (χ1n) is 8.87. The number of fused-ring (bicyclic) bond motifs is 1. The molecule has 1 N–H and O–H groups in total. The summed E-state index contributed by atoms with van der Waals surface area (Å²) < 4.78 is 18.6. The van der Waals surface area contributed by atoms with E-state index in [1.807, 2.05) is 0 Å². The number of amides is 2. The van der Waals surface area contributed by atoms with Crippen LogP contribution in [0.4, 0.5) is 9.18 Å². The molecular formula is C20H21FN2O5. The zero-order valence-electron chi connectivity index (χ0n) is 15.7. The molecule has 3 rings (SSSR count). The lowest BCUT2D eigenvalue weighted by molar-refractivity contribution is -0.139. The molecule has 2 aromatic rings. The molecule has 0 spiro atoms. The van der Waals surface area contributed by atoms with Crippen LogP contribution in [0.3, 0.4) is 0 Å². The van der Waals surface area contributed by atoms with Gasteiger partial charge in [-0.25, -0.2) is 9.18 Å². The number of hydrogen-bond donors (Lipinski definition) is 1. The standard InChI is InChI=1S/C20H21FN2O5/c1-12-14(10-17(24)28-2)9-13-3-4-15(21)11-16(13)18(12)19(25)22-5-7-23(8-6-22)20(26)27/h3-4,9,11H,5-8,10H2,1-2H3,(H,26,27). The molecule has 0 aromatic heterocycles.